The molecule has 8 nitrogen and oxygen atoms in total. The van der Waals surface area contributed by atoms with Gasteiger partial charge < -0.3 is 9.52 Å². The van der Waals surface area contributed by atoms with Crippen molar-refractivity contribution in [3.8, 4) is 0 Å². The number of aromatic nitrogens is 3. The van der Waals surface area contributed by atoms with Crippen molar-refractivity contribution in [1.29, 1.82) is 0 Å². The van der Waals surface area contributed by atoms with Crippen molar-refractivity contribution < 1.29 is 19.1 Å². The largest absolute Gasteiger partial charge is 0.481 e. The Hall–Kier alpha value is -1.94. The lowest BCUT2D eigenvalue weighted by molar-refractivity contribution is -0.136. The van der Waals surface area contributed by atoms with Crippen molar-refractivity contribution in [3.63, 3.8) is 0 Å². The van der Waals surface area contributed by atoms with Crippen molar-refractivity contribution in [2.45, 2.75) is 24.6 Å². The number of rotatable bonds is 6. The molecule has 0 aliphatic rings. The molecule has 0 unspecified atom stereocenters. The van der Waals surface area contributed by atoms with E-state index in [9.17, 15) is 9.59 Å². The van der Waals surface area contributed by atoms with Crippen molar-refractivity contribution in [1.82, 2.24) is 15.2 Å². The van der Waals surface area contributed by atoms with E-state index >= 15 is 0 Å². The van der Waals surface area contributed by atoms with Gasteiger partial charge in [0.1, 0.15) is 0 Å². The third-order valence-corrected chi connectivity index (χ3v) is 4.58. The molecule has 0 aliphatic heterocycles. The van der Waals surface area contributed by atoms with E-state index in [1.807, 2.05) is 0 Å². The first-order valence-corrected chi connectivity index (χ1v) is 7.65. The number of carboxylic acid groups (broad SMARTS) is 1. The Morgan fingerprint density at radius 1 is 1.38 bits per heavy atom. The summed E-state index contributed by atoms with van der Waals surface area (Å²) in [5.41, 5.74) is 0.679. The van der Waals surface area contributed by atoms with Gasteiger partial charge in [0.2, 0.25) is 11.8 Å². The number of anilines is 1. The van der Waals surface area contributed by atoms with Gasteiger partial charge in [-0.15, -0.1) is 16.4 Å². The molecule has 0 saturated heterocycles. The van der Waals surface area contributed by atoms with Gasteiger partial charge in [-0.3, -0.25) is 14.9 Å². The quantitative estimate of drug-likeness (QED) is 0.766. The molecule has 2 aromatic rings. The number of nitrogens with zero attached hydrogens (tertiary/aromatic N) is 3. The molecule has 0 radical (unpaired) electrons. The number of thioether (sulfide) groups is 1. The summed E-state index contributed by atoms with van der Waals surface area (Å²) < 4.78 is 5.68. The lowest BCUT2D eigenvalue weighted by Crippen LogP contribution is -2.14. The van der Waals surface area contributed by atoms with Crippen LogP contribution in [0.15, 0.2) is 8.76 Å². The van der Waals surface area contributed by atoms with Crippen LogP contribution in [0.5, 0.6) is 0 Å². The fourth-order valence-electron chi connectivity index (χ4n) is 1.39. The average Bonchev–Trinajstić information content (AvgIpc) is 2.94. The van der Waals surface area contributed by atoms with Gasteiger partial charge in [0, 0.05) is 11.8 Å². The predicted molar refractivity (Wildman–Crippen MR) is 76.6 cm³/mol. The first-order valence-electron chi connectivity index (χ1n) is 5.85. The number of carboxylic acids is 1. The molecule has 0 fully saturated rings. The molecule has 0 atom stereocenters. The van der Waals surface area contributed by atoms with Crippen molar-refractivity contribution in [2.75, 3.05) is 11.1 Å². The van der Waals surface area contributed by atoms with E-state index in [1.165, 1.54) is 23.1 Å². The number of hydrogen-bond acceptors (Lipinski definition) is 8. The van der Waals surface area contributed by atoms with Gasteiger partial charge in [-0.05, 0) is 6.92 Å². The number of amides is 1. The van der Waals surface area contributed by atoms with E-state index < -0.39 is 5.97 Å². The summed E-state index contributed by atoms with van der Waals surface area (Å²) in [5, 5.41) is 18.5. The molecule has 0 spiro atoms. The molecule has 0 saturated carbocycles. The van der Waals surface area contributed by atoms with Gasteiger partial charge in [-0.1, -0.05) is 16.9 Å². The second kappa shape index (κ2) is 6.68. The van der Waals surface area contributed by atoms with E-state index in [2.05, 4.69) is 20.5 Å². The fourth-order valence-corrected chi connectivity index (χ4v) is 3.42. The van der Waals surface area contributed by atoms with Crippen LogP contribution in [0.4, 0.5) is 6.01 Å². The van der Waals surface area contributed by atoms with Gasteiger partial charge in [0.05, 0.1) is 17.9 Å². The zero-order valence-corrected chi connectivity index (χ0v) is 12.9. The van der Waals surface area contributed by atoms with Crippen molar-refractivity contribution >= 4 is 41.0 Å². The number of carbonyl (C=O) groups is 2. The van der Waals surface area contributed by atoms with Gasteiger partial charge in [0.15, 0.2) is 4.34 Å². The van der Waals surface area contributed by atoms with Gasteiger partial charge in [0.25, 0.3) is 0 Å². The zero-order chi connectivity index (χ0) is 15.4. The second-order valence-corrected chi connectivity index (χ2v) is 6.33. The van der Waals surface area contributed by atoms with E-state index in [1.54, 1.807) is 13.8 Å². The van der Waals surface area contributed by atoms with Crippen LogP contribution < -0.4 is 5.32 Å². The molecule has 0 bridgehead atoms. The Labute approximate surface area is 128 Å². The number of thiazole rings is 1. The van der Waals surface area contributed by atoms with Crippen LogP contribution in [0.2, 0.25) is 0 Å². The molecule has 0 aliphatic carbocycles. The highest BCUT2D eigenvalue weighted by atomic mass is 32.2. The monoisotopic (exact) mass is 328 g/mol. The Morgan fingerprint density at radius 3 is 2.76 bits per heavy atom. The highest BCUT2D eigenvalue weighted by Gasteiger charge is 2.13. The minimum atomic E-state index is -0.900. The van der Waals surface area contributed by atoms with E-state index in [4.69, 9.17) is 9.52 Å². The molecule has 21 heavy (non-hydrogen) atoms. The van der Waals surface area contributed by atoms with Crippen LogP contribution in [0.1, 0.15) is 16.5 Å². The molecule has 112 valence electrons. The molecule has 2 heterocycles. The number of carbonyl (C=O) groups excluding carboxylic acids is 1. The number of aryl methyl sites for hydroxylation is 2. The highest BCUT2D eigenvalue weighted by Crippen LogP contribution is 2.27. The number of aliphatic carboxylic acids is 1. The van der Waals surface area contributed by atoms with Crippen LogP contribution in [-0.2, 0) is 16.0 Å². The normalized spacial score (nSPS) is 10.6. The molecular formula is C11H12N4O4S2. The first kappa shape index (κ1) is 15.4. The molecule has 2 rings (SSSR count). The summed E-state index contributed by atoms with van der Waals surface area (Å²) in [6.45, 7) is 3.37. The lowest BCUT2D eigenvalue weighted by atomic mass is 10.3. The molecule has 1 amide bonds. The van der Waals surface area contributed by atoms with Crippen LogP contribution in [0.25, 0.3) is 0 Å². The maximum Gasteiger partial charge on any atom is 0.322 e. The topological polar surface area (TPSA) is 118 Å². The minimum Gasteiger partial charge on any atom is -0.481 e. The average molecular weight is 328 g/mol. The predicted octanol–water partition coefficient (Wildman–Crippen LogP) is 1.50. The summed E-state index contributed by atoms with van der Waals surface area (Å²) >= 11 is 2.51. The van der Waals surface area contributed by atoms with Gasteiger partial charge in [-0.2, -0.15) is 0 Å². The van der Waals surface area contributed by atoms with E-state index in [0.29, 0.717) is 20.8 Å². The van der Waals surface area contributed by atoms with Crippen LogP contribution in [0.3, 0.4) is 0 Å². The second-order valence-electron chi connectivity index (χ2n) is 4.02. The first-order chi connectivity index (χ1) is 9.94. The van der Waals surface area contributed by atoms with Crippen LogP contribution >= 0.6 is 23.1 Å². The maximum absolute atomic E-state index is 11.7. The molecule has 0 aromatic carbocycles. The summed E-state index contributed by atoms with van der Waals surface area (Å²) in [4.78, 5) is 27.3. The van der Waals surface area contributed by atoms with Gasteiger partial charge >= 0.3 is 12.0 Å². The standard InChI is InChI=1S/C11H12N4O4S2/c1-5-7(3-9(17)18)21-11(12-5)20-4-8(16)13-10-15-14-6(2)19-10/h3-4H2,1-2H3,(H,17,18)(H,13,15,16). The Morgan fingerprint density at radius 2 is 2.14 bits per heavy atom. The SMILES string of the molecule is Cc1nnc(NC(=O)CSc2nc(C)c(CC(=O)O)s2)o1. The molecule has 2 N–H and O–H groups in total. The summed E-state index contributed by atoms with van der Waals surface area (Å²) in [6.07, 6.45) is -0.0580. The lowest BCUT2D eigenvalue weighted by Gasteiger charge is -1.97. The summed E-state index contributed by atoms with van der Waals surface area (Å²) in [6, 6.07) is 0.0555. The Kier molecular flexibility index (Phi) is 4.91. The smallest absolute Gasteiger partial charge is 0.322 e. The zero-order valence-electron chi connectivity index (χ0n) is 11.2. The van der Waals surface area contributed by atoms with Crippen molar-refractivity contribution in [2.24, 2.45) is 0 Å². The van der Waals surface area contributed by atoms with Crippen LogP contribution in [0, 0.1) is 13.8 Å². The molecular weight excluding hydrogens is 316 g/mol. The summed E-state index contributed by atoms with van der Waals surface area (Å²) in [5.74, 6) is -0.702. The maximum atomic E-state index is 11.7. The van der Waals surface area contributed by atoms with E-state index in [-0.39, 0.29) is 24.1 Å². The fraction of sp³-hybridized carbons (Fsp3) is 0.364. The highest BCUT2D eigenvalue weighted by molar-refractivity contribution is 8.01. The van der Waals surface area contributed by atoms with Gasteiger partial charge in [-0.25, -0.2) is 4.98 Å². The molecule has 10 heteroatoms. The van der Waals surface area contributed by atoms with Crippen LogP contribution in [-0.4, -0.2) is 37.9 Å². The Balaban J connectivity index is 1.87. The number of hydrogen-bond donors (Lipinski definition) is 2. The van der Waals surface area contributed by atoms with E-state index in [0.717, 1.165) is 0 Å². The third-order valence-electron chi connectivity index (χ3n) is 2.28. The summed E-state index contributed by atoms with van der Waals surface area (Å²) in [7, 11) is 0. The Bertz CT molecular complexity index is 667. The number of nitrogens with one attached hydrogen (secondary N) is 1. The molecule has 2 aromatic heterocycles. The minimum absolute atomic E-state index is 0.0555. The third kappa shape index (κ3) is 4.53. The van der Waals surface area contributed by atoms with Crippen molar-refractivity contribution in [3.05, 3.63) is 16.5 Å².